The summed E-state index contributed by atoms with van der Waals surface area (Å²) in [4.78, 5) is 11.5. The van der Waals surface area contributed by atoms with Crippen LogP contribution < -0.4 is 10.4 Å². The van der Waals surface area contributed by atoms with Crippen LogP contribution in [0.5, 0.6) is 5.75 Å². The molecule has 0 aliphatic carbocycles. The normalized spacial score (nSPS) is 12.2. The van der Waals surface area contributed by atoms with Gasteiger partial charge in [0.15, 0.2) is 0 Å². The quantitative estimate of drug-likeness (QED) is 0.793. The third-order valence-electron chi connectivity index (χ3n) is 2.46. The van der Waals surface area contributed by atoms with Crippen LogP contribution >= 0.6 is 0 Å². The minimum Gasteiger partial charge on any atom is -0.496 e. The van der Waals surface area contributed by atoms with Crippen molar-refractivity contribution in [2.45, 2.75) is 26.4 Å². The third-order valence-corrected chi connectivity index (χ3v) is 2.46. The number of methoxy groups -OCH3 is 1. The van der Waals surface area contributed by atoms with Crippen LogP contribution in [0.2, 0.25) is 0 Å². The summed E-state index contributed by atoms with van der Waals surface area (Å²) in [6.07, 6.45) is 1.03. The molecular formula is C12H16O4. The van der Waals surface area contributed by atoms with Crippen LogP contribution in [0.15, 0.2) is 21.9 Å². The van der Waals surface area contributed by atoms with E-state index in [1.807, 2.05) is 0 Å². The summed E-state index contributed by atoms with van der Waals surface area (Å²) in [5, 5.41) is 9.78. The van der Waals surface area contributed by atoms with Gasteiger partial charge in [-0.1, -0.05) is 6.08 Å². The zero-order valence-electron chi connectivity index (χ0n) is 9.74. The van der Waals surface area contributed by atoms with Crippen LogP contribution in [0.25, 0.3) is 0 Å². The SMILES string of the molecule is C=CCC(O)c1oc(=O)c(C)c(OC)c1C. The number of aliphatic hydroxyl groups excluding tert-OH is 1. The van der Waals surface area contributed by atoms with Gasteiger partial charge in [0.25, 0.3) is 0 Å². The molecule has 0 aliphatic heterocycles. The second kappa shape index (κ2) is 4.99. The molecule has 0 bridgehead atoms. The number of aliphatic hydroxyl groups is 1. The van der Waals surface area contributed by atoms with E-state index in [-0.39, 0.29) is 5.76 Å². The highest BCUT2D eigenvalue weighted by molar-refractivity contribution is 5.40. The molecule has 1 aromatic rings. The molecular weight excluding hydrogens is 208 g/mol. The number of rotatable bonds is 4. The Bertz CT molecular complexity index is 445. The average Bonchev–Trinajstić information content (AvgIpc) is 2.24. The van der Waals surface area contributed by atoms with Gasteiger partial charge in [-0.05, 0) is 20.3 Å². The Morgan fingerprint density at radius 3 is 2.62 bits per heavy atom. The molecule has 4 heteroatoms. The first-order valence-electron chi connectivity index (χ1n) is 5.00. The van der Waals surface area contributed by atoms with E-state index in [0.717, 1.165) is 0 Å². The Hall–Kier alpha value is -1.55. The maximum atomic E-state index is 11.5. The first kappa shape index (κ1) is 12.5. The molecule has 16 heavy (non-hydrogen) atoms. The molecule has 0 aromatic carbocycles. The molecule has 88 valence electrons. The van der Waals surface area contributed by atoms with E-state index in [4.69, 9.17) is 9.15 Å². The van der Waals surface area contributed by atoms with Crippen molar-refractivity contribution in [3.05, 3.63) is 40.0 Å². The lowest BCUT2D eigenvalue weighted by Crippen LogP contribution is -2.12. The number of ether oxygens (including phenoxy) is 1. The fourth-order valence-electron chi connectivity index (χ4n) is 1.63. The minimum atomic E-state index is -0.861. The lowest BCUT2D eigenvalue weighted by molar-refractivity contribution is 0.145. The van der Waals surface area contributed by atoms with Gasteiger partial charge in [0, 0.05) is 5.56 Å². The Labute approximate surface area is 94.2 Å². The predicted octanol–water partition coefficient (Wildman–Crippen LogP) is 1.87. The number of hydrogen-bond acceptors (Lipinski definition) is 4. The van der Waals surface area contributed by atoms with Crippen molar-refractivity contribution in [2.75, 3.05) is 7.11 Å². The van der Waals surface area contributed by atoms with Crippen LogP contribution in [0, 0.1) is 13.8 Å². The van der Waals surface area contributed by atoms with Crippen LogP contribution in [-0.2, 0) is 0 Å². The van der Waals surface area contributed by atoms with Gasteiger partial charge in [-0.25, -0.2) is 4.79 Å². The van der Waals surface area contributed by atoms with Gasteiger partial charge >= 0.3 is 5.63 Å². The van der Waals surface area contributed by atoms with E-state index in [9.17, 15) is 9.90 Å². The predicted molar refractivity (Wildman–Crippen MR) is 60.8 cm³/mol. The molecule has 0 saturated heterocycles. The van der Waals surface area contributed by atoms with Crippen molar-refractivity contribution in [2.24, 2.45) is 0 Å². The molecule has 1 aromatic heterocycles. The fraction of sp³-hybridized carbons (Fsp3) is 0.417. The van der Waals surface area contributed by atoms with Crippen molar-refractivity contribution < 1.29 is 14.3 Å². The maximum Gasteiger partial charge on any atom is 0.342 e. The van der Waals surface area contributed by atoms with Crippen LogP contribution in [-0.4, -0.2) is 12.2 Å². The topological polar surface area (TPSA) is 59.7 Å². The van der Waals surface area contributed by atoms with Gasteiger partial charge in [0.05, 0.1) is 12.7 Å². The van der Waals surface area contributed by atoms with E-state index in [0.29, 0.717) is 23.3 Å². The summed E-state index contributed by atoms with van der Waals surface area (Å²) in [6, 6.07) is 0. The first-order valence-corrected chi connectivity index (χ1v) is 5.00. The smallest absolute Gasteiger partial charge is 0.342 e. The van der Waals surface area contributed by atoms with Gasteiger partial charge < -0.3 is 14.3 Å². The molecule has 0 saturated carbocycles. The second-order valence-electron chi connectivity index (χ2n) is 3.58. The van der Waals surface area contributed by atoms with Crippen molar-refractivity contribution in [1.29, 1.82) is 0 Å². The highest BCUT2D eigenvalue weighted by Gasteiger charge is 2.19. The van der Waals surface area contributed by atoms with Crippen LogP contribution in [0.1, 0.15) is 29.4 Å². The van der Waals surface area contributed by atoms with Crippen molar-refractivity contribution in [3.8, 4) is 5.75 Å². The lowest BCUT2D eigenvalue weighted by Gasteiger charge is -2.14. The van der Waals surface area contributed by atoms with E-state index in [1.54, 1.807) is 19.9 Å². The molecule has 0 aliphatic rings. The fourth-order valence-corrected chi connectivity index (χ4v) is 1.63. The van der Waals surface area contributed by atoms with Crippen molar-refractivity contribution in [1.82, 2.24) is 0 Å². The van der Waals surface area contributed by atoms with E-state index in [2.05, 4.69) is 6.58 Å². The molecule has 1 rings (SSSR count). The Morgan fingerprint density at radius 1 is 1.50 bits per heavy atom. The molecule has 0 fully saturated rings. The Kier molecular flexibility index (Phi) is 3.90. The lowest BCUT2D eigenvalue weighted by atomic mass is 10.1. The van der Waals surface area contributed by atoms with Crippen molar-refractivity contribution >= 4 is 0 Å². The van der Waals surface area contributed by atoms with Crippen LogP contribution in [0.3, 0.4) is 0 Å². The Morgan fingerprint density at radius 2 is 2.12 bits per heavy atom. The van der Waals surface area contributed by atoms with E-state index in [1.165, 1.54) is 7.11 Å². The Balaban J connectivity index is 3.36. The highest BCUT2D eigenvalue weighted by Crippen LogP contribution is 2.28. The summed E-state index contributed by atoms with van der Waals surface area (Å²) >= 11 is 0. The highest BCUT2D eigenvalue weighted by atomic mass is 16.5. The largest absolute Gasteiger partial charge is 0.496 e. The maximum absolute atomic E-state index is 11.5. The third kappa shape index (κ3) is 2.17. The zero-order valence-corrected chi connectivity index (χ0v) is 9.74. The molecule has 1 unspecified atom stereocenters. The second-order valence-corrected chi connectivity index (χ2v) is 3.58. The van der Waals surface area contributed by atoms with Gasteiger partial charge in [0.1, 0.15) is 17.6 Å². The summed E-state index contributed by atoms with van der Waals surface area (Å²) in [5.41, 5.74) is 0.573. The standard InChI is InChI=1S/C12H16O4/c1-5-6-9(13)11-7(2)10(15-4)8(3)12(14)16-11/h5,9,13H,1,6H2,2-4H3. The average molecular weight is 224 g/mol. The summed E-state index contributed by atoms with van der Waals surface area (Å²) < 4.78 is 10.2. The van der Waals surface area contributed by atoms with Gasteiger partial charge in [-0.15, -0.1) is 6.58 Å². The first-order chi connectivity index (χ1) is 7.52. The molecule has 0 spiro atoms. The molecule has 0 radical (unpaired) electrons. The summed E-state index contributed by atoms with van der Waals surface area (Å²) in [7, 11) is 1.48. The summed E-state index contributed by atoms with van der Waals surface area (Å²) in [5.74, 6) is 0.710. The van der Waals surface area contributed by atoms with Crippen molar-refractivity contribution in [3.63, 3.8) is 0 Å². The van der Waals surface area contributed by atoms with E-state index >= 15 is 0 Å². The molecule has 0 amide bonds. The van der Waals surface area contributed by atoms with Gasteiger partial charge in [0.2, 0.25) is 0 Å². The van der Waals surface area contributed by atoms with Gasteiger partial charge in [-0.3, -0.25) is 0 Å². The van der Waals surface area contributed by atoms with E-state index < -0.39 is 11.7 Å². The molecule has 4 nitrogen and oxygen atoms in total. The van der Waals surface area contributed by atoms with Gasteiger partial charge in [-0.2, -0.15) is 0 Å². The monoisotopic (exact) mass is 224 g/mol. The molecule has 1 heterocycles. The molecule has 1 N–H and O–H groups in total. The molecule has 1 atom stereocenters. The summed E-state index contributed by atoms with van der Waals surface area (Å²) in [6.45, 7) is 6.90. The minimum absolute atomic E-state index is 0.243. The zero-order chi connectivity index (χ0) is 12.3. The number of hydrogen-bond donors (Lipinski definition) is 1. The van der Waals surface area contributed by atoms with Crippen LogP contribution in [0.4, 0.5) is 0 Å².